The third-order valence-corrected chi connectivity index (χ3v) is 3.37. The first-order valence-electron chi connectivity index (χ1n) is 6.59. The fourth-order valence-electron chi connectivity index (χ4n) is 2.32. The van der Waals surface area contributed by atoms with E-state index >= 15 is 0 Å². The molecule has 0 amide bonds. The summed E-state index contributed by atoms with van der Waals surface area (Å²) in [6.45, 7) is 0.973. The van der Waals surface area contributed by atoms with Crippen LogP contribution in [0.3, 0.4) is 0 Å². The molecular weight excluding hydrogens is 244 g/mol. The van der Waals surface area contributed by atoms with Gasteiger partial charge in [0.15, 0.2) is 11.3 Å². The van der Waals surface area contributed by atoms with E-state index in [9.17, 15) is 4.79 Å². The summed E-state index contributed by atoms with van der Waals surface area (Å²) in [5, 5.41) is 7.40. The zero-order chi connectivity index (χ0) is 13.1. The lowest BCUT2D eigenvalue weighted by Crippen LogP contribution is -2.21. The number of hydrogen-bond acceptors (Lipinski definition) is 5. The van der Waals surface area contributed by atoms with Gasteiger partial charge in [0.1, 0.15) is 5.56 Å². The Balaban J connectivity index is 1.87. The largest absolute Gasteiger partial charge is 0.367 e. The van der Waals surface area contributed by atoms with Crippen molar-refractivity contribution in [3.8, 4) is 11.5 Å². The maximum Gasteiger partial charge on any atom is 0.263 e. The van der Waals surface area contributed by atoms with E-state index in [1.54, 1.807) is 12.4 Å². The summed E-state index contributed by atoms with van der Waals surface area (Å²) in [6, 6.07) is 1.58. The van der Waals surface area contributed by atoms with Crippen molar-refractivity contribution in [3.05, 3.63) is 34.5 Å². The molecule has 100 valence electrons. The zero-order valence-corrected chi connectivity index (χ0v) is 10.6. The van der Waals surface area contributed by atoms with Crippen molar-refractivity contribution >= 4 is 0 Å². The van der Waals surface area contributed by atoms with Crippen molar-refractivity contribution in [3.63, 3.8) is 0 Å². The Morgan fingerprint density at radius 1 is 1.32 bits per heavy atom. The molecule has 0 aliphatic carbocycles. The van der Waals surface area contributed by atoms with E-state index in [2.05, 4.69) is 20.4 Å². The number of nitrogens with one attached hydrogen (secondary N) is 2. The minimum absolute atomic E-state index is 0.122. The summed E-state index contributed by atoms with van der Waals surface area (Å²) >= 11 is 0. The van der Waals surface area contributed by atoms with Crippen LogP contribution in [-0.2, 0) is 0 Å². The van der Waals surface area contributed by atoms with Crippen LogP contribution in [-0.4, -0.2) is 21.7 Å². The van der Waals surface area contributed by atoms with Crippen molar-refractivity contribution < 1.29 is 4.52 Å². The lowest BCUT2D eigenvalue weighted by molar-refractivity contribution is 0.402. The van der Waals surface area contributed by atoms with Gasteiger partial charge in [-0.1, -0.05) is 18.0 Å². The summed E-state index contributed by atoms with van der Waals surface area (Å²) in [7, 11) is 0. The lowest BCUT2D eigenvalue weighted by Gasteiger charge is -2.09. The second-order valence-corrected chi connectivity index (χ2v) is 4.74. The molecule has 0 spiro atoms. The van der Waals surface area contributed by atoms with Gasteiger partial charge in [-0.25, -0.2) is 0 Å². The van der Waals surface area contributed by atoms with E-state index in [-0.39, 0.29) is 17.4 Å². The quantitative estimate of drug-likeness (QED) is 0.857. The van der Waals surface area contributed by atoms with Gasteiger partial charge in [0.05, 0.1) is 6.04 Å². The fourth-order valence-corrected chi connectivity index (χ4v) is 2.32. The molecule has 2 aromatic heterocycles. The van der Waals surface area contributed by atoms with Gasteiger partial charge < -0.3 is 14.8 Å². The van der Waals surface area contributed by atoms with Crippen LogP contribution in [0.25, 0.3) is 11.5 Å². The summed E-state index contributed by atoms with van der Waals surface area (Å²) in [6.07, 6.45) is 7.74. The van der Waals surface area contributed by atoms with Crippen LogP contribution in [0, 0.1) is 0 Å². The van der Waals surface area contributed by atoms with Gasteiger partial charge in [-0.15, -0.1) is 0 Å². The molecule has 19 heavy (non-hydrogen) atoms. The van der Waals surface area contributed by atoms with Gasteiger partial charge in [0, 0.05) is 18.5 Å². The predicted octanol–water partition coefficient (Wildman–Crippen LogP) is 1.63. The molecule has 6 heteroatoms. The molecule has 0 radical (unpaired) electrons. The number of H-pyrrole nitrogens is 1. The predicted molar refractivity (Wildman–Crippen MR) is 69.6 cm³/mol. The second kappa shape index (κ2) is 5.36. The van der Waals surface area contributed by atoms with Gasteiger partial charge in [0.25, 0.3) is 5.89 Å². The topological polar surface area (TPSA) is 83.8 Å². The van der Waals surface area contributed by atoms with Crippen LogP contribution < -0.4 is 10.7 Å². The Kier molecular flexibility index (Phi) is 3.41. The van der Waals surface area contributed by atoms with Crippen molar-refractivity contribution in [1.29, 1.82) is 0 Å². The molecule has 2 N–H and O–H groups in total. The highest BCUT2D eigenvalue weighted by atomic mass is 16.5. The van der Waals surface area contributed by atoms with Crippen LogP contribution in [0.1, 0.15) is 37.5 Å². The summed E-state index contributed by atoms with van der Waals surface area (Å²) < 4.78 is 5.20. The van der Waals surface area contributed by atoms with Gasteiger partial charge >= 0.3 is 0 Å². The minimum atomic E-state index is -0.122. The number of aromatic amines is 1. The fraction of sp³-hybridized carbons (Fsp3) is 0.462. The molecule has 0 saturated carbocycles. The Morgan fingerprint density at radius 3 is 3.16 bits per heavy atom. The van der Waals surface area contributed by atoms with Gasteiger partial charge in [-0.2, -0.15) is 4.98 Å². The highest BCUT2D eigenvalue weighted by Crippen LogP contribution is 2.22. The Morgan fingerprint density at radius 2 is 2.26 bits per heavy atom. The molecule has 0 aromatic carbocycles. The molecule has 1 aliphatic rings. The van der Waals surface area contributed by atoms with Crippen LogP contribution in [0.4, 0.5) is 0 Å². The number of rotatable bonds is 2. The first kappa shape index (κ1) is 12.1. The summed E-state index contributed by atoms with van der Waals surface area (Å²) in [5.74, 6) is 0.919. The maximum absolute atomic E-state index is 11.7. The molecule has 0 bridgehead atoms. The average Bonchev–Trinajstić information content (AvgIpc) is 2.75. The van der Waals surface area contributed by atoms with Gasteiger partial charge in [-0.3, -0.25) is 4.79 Å². The van der Waals surface area contributed by atoms with Crippen LogP contribution in [0.2, 0.25) is 0 Å². The molecule has 1 saturated heterocycles. The monoisotopic (exact) mass is 260 g/mol. The molecule has 6 nitrogen and oxygen atoms in total. The Labute approximate surface area is 110 Å². The minimum Gasteiger partial charge on any atom is -0.367 e. The SMILES string of the molecule is O=c1cc[nH]cc1-c1nc(C2CCCCCN2)no1. The number of pyridine rings is 1. The van der Waals surface area contributed by atoms with Crippen molar-refractivity contribution in [1.82, 2.24) is 20.4 Å². The Hall–Kier alpha value is -1.95. The molecule has 3 heterocycles. The molecule has 1 unspecified atom stereocenters. The second-order valence-electron chi connectivity index (χ2n) is 4.74. The average molecular weight is 260 g/mol. The lowest BCUT2D eigenvalue weighted by atomic mass is 10.1. The van der Waals surface area contributed by atoms with Crippen molar-refractivity contribution in [2.45, 2.75) is 31.7 Å². The third-order valence-electron chi connectivity index (χ3n) is 3.37. The van der Waals surface area contributed by atoms with Crippen LogP contribution in [0.15, 0.2) is 27.8 Å². The van der Waals surface area contributed by atoms with Gasteiger partial charge in [0.2, 0.25) is 0 Å². The molecule has 2 aromatic rings. The highest BCUT2D eigenvalue weighted by Gasteiger charge is 2.20. The molecule has 1 atom stereocenters. The molecular formula is C13H16N4O2. The summed E-state index contributed by atoms with van der Waals surface area (Å²) in [5.41, 5.74) is 0.289. The molecule has 3 rings (SSSR count). The first-order chi connectivity index (χ1) is 9.34. The van der Waals surface area contributed by atoms with Crippen LogP contribution in [0.5, 0.6) is 0 Å². The number of aromatic nitrogens is 3. The van der Waals surface area contributed by atoms with E-state index in [0.29, 0.717) is 11.4 Å². The normalized spacial score (nSPS) is 20.1. The number of hydrogen-bond donors (Lipinski definition) is 2. The van der Waals surface area contributed by atoms with E-state index < -0.39 is 0 Å². The van der Waals surface area contributed by atoms with Crippen LogP contribution >= 0.6 is 0 Å². The molecule has 1 aliphatic heterocycles. The zero-order valence-electron chi connectivity index (χ0n) is 10.6. The summed E-state index contributed by atoms with van der Waals surface area (Å²) in [4.78, 5) is 18.9. The highest BCUT2D eigenvalue weighted by molar-refractivity contribution is 5.50. The maximum atomic E-state index is 11.7. The van der Waals surface area contributed by atoms with E-state index in [4.69, 9.17) is 4.52 Å². The Bertz CT molecular complexity index is 596. The smallest absolute Gasteiger partial charge is 0.263 e. The third kappa shape index (κ3) is 2.58. The first-order valence-corrected chi connectivity index (χ1v) is 6.59. The standard InChI is InChI=1S/C13H16N4O2/c18-11-5-7-14-8-9(11)13-16-12(17-19-13)10-4-2-1-3-6-15-10/h5,7-8,10,15H,1-4,6H2,(H,14,18). The number of nitrogens with zero attached hydrogens (tertiary/aromatic N) is 2. The van der Waals surface area contributed by atoms with Crippen molar-refractivity contribution in [2.24, 2.45) is 0 Å². The van der Waals surface area contributed by atoms with E-state index in [0.717, 1.165) is 19.4 Å². The van der Waals surface area contributed by atoms with E-state index in [1.165, 1.54) is 18.9 Å². The van der Waals surface area contributed by atoms with Crippen molar-refractivity contribution in [2.75, 3.05) is 6.54 Å². The van der Waals surface area contributed by atoms with Gasteiger partial charge in [-0.05, 0) is 19.4 Å². The molecule has 1 fully saturated rings. The van der Waals surface area contributed by atoms with E-state index in [1.807, 2.05) is 0 Å².